The zero-order valence-electron chi connectivity index (χ0n) is 19.1. The molecule has 1 unspecified atom stereocenters. The first-order chi connectivity index (χ1) is 17.1. The second kappa shape index (κ2) is 10.4. The van der Waals surface area contributed by atoms with Crippen LogP contribution in [-0.2, 0) is 20.7 Å². The van der Waals surface area contributed by atoms with E-state index >= 15 is 0 Å². The van der Waals surface area contributed by atoms with Gasteiger partial charge in [-0.05, 0) is 36.2 Å². The van der Waals surface area contributed by atoms with Gasteiger partial charge in [0.2, 0.25) is 0 Å². The van der Waals surface area contributed by atoms with Crippen molar-refractivity contribution in [1.82, 2.24) is 20.2 Å². The van der Waals surface area contributed by atoms with E-state index in [2.05, 4.69) is 25.9 Å². The van der Waals surface area contributed by atoms with E-state index < -0.39 is 6.10 Å². The molecule has 1 aromatic heterocycles. The molecule has 35 heavy (non-hydrogen) atoms. The summed E-state index contributed by atoms with van der Waals surface area (Å²) in [5.41, 5.74) is 2.70. The Morgan fingerprint density at radius 3 is 2.54 bits per heavy atom. The van der Waals surface area contributed by atoms with Gasteiger partial charge >= 0.3 is 0 Å². The van der Waals surface area contributed by atoms with Gasteiger partial charge in [-0.1, -0.05) is 18.2 Å². The number of carbonyl (C=O) groups is 2. The number of hydrogen-bond acceptors (Lipinski definition) is 8. The number of anilines is 4. The Kier molecular flexibility index (Phi) is 6.71. The van der Waals surface area contributed by atoms with Crippen molar-refractivity contribution in [1.29, 1.82) is 0 Å². The number of nitrogens with zero attached hydrogens (tertiary/aromatic N) is 3. The van der Waals surface area contributed by atoms with Crippen molar-refractivity contribution >= 4 is 34.8 Å². The molecule has 8 bridgehead atoms. The van der Waals surface area contributed by atoms with Crippen LogP contribution in [0.4, 0.5) is 23.0 Å². The first-order valence-electron chi connectivity index (χ1n) is 11.5. The molecule has 3 heterocycles. The zero-order valence-corrected chi connectivity index (χ0v) is 19.1. The van der Waals surface area contributed by atoms with Gasteiger partial charge in [0.1, 0.15) is 23.7 Å². The highest BCUT2D eigenvalue weighted by atomic mass is 16.5. The van der Waals surface area contributed by atoms with Gasteiger partial charge in [0.25, 0.3) is 11.8 Å². The number of benzene rings is 2. The van der Waals surface area contributed by atoms with Crippen molar-refractivity contribution in [3.8, 4) is 5.75 Å². The smallest absolute Gasteiger partial charge is 0.260 e. The minimum atomic E-state index is -0.702. The molecule has 0 radical (unpaired) electrons. The molecule has 1 atom stereocenters. The average Bonchev–Trinajstić information content (AvgIpc) is 2.87. The summed E-state index contributed by atoms with van der Waals surface area (Å²) in [6, 6.07) is 17.0. The first kappa shape index (κ1) is 22.6. The topological polar surface area (TPSA) is 118 Å². The maximum absolute atomic E-state index is 12.7. The fraction of sp³-hybridized carbons (Fsp3) is 0.280. The number of morpholine rings is 1. The fourth-order valence-electron chi connectivity index (χ4n) is 3.97. The summed E-state index contributed by atoms with van der Waals surface area (Å²) in [7, 11) is 0. The number of carbonyl (C=O) groups excluding carboxylic acids is 2. The summed E-state index contributed by atoms with van der Waals surface area (Å²) in [4.78, 5) is 35.6. The van der Waals surface area contributed by atoms with E-state index in [0.29, 0.717) is 43.5 Å². The predicted molar refractivity (Wildman–Crippen MR) is 130 cm³/mol. The van der Waals surface area contributed by atoms with Crippen LogP contribution in [0.1, 0.15) is 5.56 Å². The lowest BCUT2D eigenvalue weighted by Crippen LogP contribution is -2.52. The van der Waals surface area contributed by atoms with Crippen LogP contribution in [0.3, 0.4) is 0 Å². The van der Waals surface area contributed by atoms with E-state index in [1.807, 2.05) is 36.4 Å². The molecule has 180 valence electrons. The lowest BCUT2D eigenvalue weighted by atomic mass is 10.1. The largest absolute Gasteiger partial charge is 0.484 e. The van der Waals surface area contributed by atoms with Crippen molar-refractivity contribution in [2.75, 3.05) is 43.5 Å². The lowest BCUT2D eigenvalue weighted by Gasteiger charge is -2.32. The van der Waals surface area contributed by atoms with Crippen LogP contribution < -0.4 is 20.7 Å². The summed E-state index contributed by atoms with van der Waals surface area (Å²) in [6.07, 6.45) is 1.43. The molecule has 1 fully saturated rings. The number of nitrogens with one attached hydrogen (secondary N) is 3. The highest BCUT2D eigenvalue weighted by Crippen LogP contribution is 2.23. The van der Waals surface area contributed by atoms with E-state index in [1.165, 1.54) is 6.33 Å². The number of fused-ring (bicyclic) bond motifs is 8. The van der Waals surface area contributed by atoms with E-state index in [1.54, 1.807) is 23.1 Å². The Morgan fingerprint density at radius 2 is 1.71 bits per heavy atom. The summed E-state index contributed by atoms with van der Waals surface area (Å²) in [5.74, 6) is 1.37. The van der Waals surface area contributed by atoms with Gasteiger partial charge in [-0.15, -0.1) is 0 Å². The Bertz CT molecular complexity index is 1220. The van der Waals surface area contributed by atoms with Gasteiger partial charge in [0, 0.05) is 36.6 Å². The van der Waals surface area contributed by atoms with Crippen LogP contribution >= 0.6 is 0 Å². The van der Waals surface area contributed by atoms with Crippen molar-refractivity contribution in [2.45, 2.75) is 12.5 Å². The lowest BCUT2D eigenvalue weighted by molar-refractivity contribution is -0.148. The summed E-state index contributed by atoms with van der Waals surface area (Å²) in [5, 5.41) is 9.46. The quantitative estimate of drug-likeness (QED) is 0.454. The molecule has 0 aliphatic carbocycles. The highest BCUT2D eigenvalue weighted by molar-refractivity contribution is 5.83. The maximum atomic E-state index is 12.7. The molecule has 2 aliphatic heterocycles. The van der Waals surface area contributed by atoms with Gasteiger partial charge in [-0.25, -0.2) is 9.97 Å². The molecule has 10 nitrogen and oxygen atoms in total. The number of amides is 2. The third-order valence-electron chi connectivity index (χ3n) is 5.76. The van der Waals surface area contributed by atoms with Crippen LogP contribution in [0.5, 0.6) is 5.75 Å². The van der Waals surface area contributed by atoms with Crippen molar-refractivity contribution in [3.05, 3.63) is 66.5 Å². The average molecular weight is 475 g/mol. The number of rotatable bonds is 0. The summed E-state index contributed by atoms with van der Waals surface area (Å²) < 4.78 is 11.4. The van der Waals surface area contributed by atoms with E-state index in [4.69, 9.17) is 9.47 Å². The van der Waals surface area contributed by atoms with Crippen molar-refractivity contribution in [2.24, 2.45) is 0 Å². The molecule has 2 aliphatic rings. The second-order valence-electron chi connectivity index (χ2n) is 8.30. The molecule has 0 saturated carbocycles. The van der Waals surface area contributed by atoms with Gasteiger partial charge in [0.05, 0.1) is 13.2 Å². The van der Waals surface area contributed by atoms with Crippen LogP contribution in [0.15, 0.2) is 60.9 Å². The van der Waals surface area contributed by atoms with Gasteiger partial charge < -0.3 is 30.3 Å². The Morgan fingerprint density at radius 1 is 0.943 bits per heavy atom. The van der Waals surface area contributed by atoms with E-state index in [-0.39, 0.29) is 25.0 Å². The maximum Gasteiger partial charge on any atom is 0.260 e. The minimum Gasteiger partial charge on any atom is -0.484 e. The Labute approximate surface area is 202 Å². The van der Waals surface area contributed by atoms with Gasteiger partial charge in [-0.2, -0.15) is 0 Å². The number of ether oxygens (including phenoxy) is 2. The highest BCUT2D eigenvalue weighted by Gasteiger charge is 2.29. The molecule has 0 spiro atoms. The van der Waals surface area contributed by atoms with Crippen molar-refractivity contribution < 1.29 is 19.1 Å². The molecule has 10 heteroatoms. The van der Waals surface area contributed by atoms with Crippen LogP contribution in [0.2, 0.25) is 0 Å². The Balaban J connectivity index is 1.40. The SMILES string of the molecule is O=C1NCCc2cccc(c2)Nc2cc(ncn2)Nc2cccc(c2)OCC(=O)N2CCOC1C2. The normalized spacial score (nSPS) is 18.7. The van der Waals surface area contributed by atoms with Gasteiger partial charge in [-0.3, -0.25) is 9.59 Å². The van der Waals surface area contributed by atoms with E-state index in [0.717, 1.165) is 16.9 Å². The van der Waals surface area contributed by atoms with Crippen LogP contribution in [-0.4, -0.2) is 65.6 Å². The second-order valence-corrected chi connectivity index (χ2v) is 8.30. The molecule has 3 aromatic rings. The first-order valence-corrected chi connectivity index (χ1v) is 11.5. The van der Waals surface area contributed by atoms with Crippen LogP contribution in [0, 0.1) is 0 Å². The fourth-order valence-corrected chi connectivity index (χ4v) is 3.97. The molecule has 3 N–H and O–H groups in total. The number of aromatic nitrogens is 2. The predicted octanol–water partition coefficient (Wildman–Crippen LogP) is 2.24. The molecular formula is C25H26N6O4. The van der Waals surface area contributed by atoms with E-state index in [9.17, 15) is 9.59 Å². The monoisotopic (exact) mass is 474 g/mol. The molecule has 5 rings (SSSR count). The third-order valence-corrected chi connectivity index (χ3v) is 5.76. The van der Waals surface area contributed by atoms with Crippen LogP contribution in [0.25, 0.3) is 0 Å². The third kappa shape index (κ3) is 5.85. The standard InChI is InChI=1S/C25H26N6O4/c32-24-15-35-20-6-2-5-19(12-20)30-23-13-22(27-16-28-23)29-18-4-1-3-17(11-18)7-8-26-25(33)21-14-31(24)9-10-34-21/h1-6,11-13,16,21H,7-10,14-15H2,(H,26,33)(H2,27,28,29,30). The molecular weight excluding hydrogens is 448 g/mol. The zero-order chi connectivity index (χ0) is 24.0. The van der Waals surface area contributed by atoms with Crippen molar-refractivity contribution in [3.63, 3.8) is 0 Å². The summed E-state index contributed by atoms with van der Waals surface area (Å²) >= 11 is 0. The molecule has 2 amide bonds. The number of hydrogen-bond donors (Lipinski definition) is 3. The Hall–Kier alpha value is -4.18. The molecule has 2 aromatic carbocycles. The minimum absolute atomic E-state index is 0.130. The summed E-state index contributed by atoms with van der Waals surface area (Å²) in [6.45, 7) is 1.24. The van der Waals surface area contributed by atoms with Gasteiger partial charge in [0.15, 0.2) is 12.7 Å². The molecule has 1 saturated heterocycles.